The second-order valence-electron chi connectivity index (χ2n) is 5.82. The van der Waals surface area contributed by atoms with E-state index in [1.807, 2.05) is 20.8 Å². The van der Waals surface area contributed by atoms with E-state index in [0.717, 1.165) is 12.8 Å². The molecule has 0 fully saturated rings. The molecule has 0 spiro atoms. The summed E-state index contributed by atoms with van der Waals surface area (Å²) in [6, 6.07) is 3.51. The zero-order valence-corrected chi connectivity index (χ0v) is 13.6. The fraction of sp³-hybridized carbons (Fsp3) is 0.562. The molecule has 0 bridgehead atoms. The van der Waals surface area contributed by atoms with Crippen LogP contribution in [0.1, 0.15) is 33.6 Å². The van der Waals surface area contributed by atoms with Crippen molar-refractivity contribution in [1.82, 2.24) is 14.1 Å². The van der Waals surface area contributed by atoms with Gasteiger partial charge in [-0.05, 0) is 18.4 Å². The zero-order chi connectivity index (χ0) is 16.3. The van der Waals surface area contributed by atoms with E-state index in [1.165, 1.54) is 16.2 Å². The number of fused-ring (bicyclic) bond motifs is 1. The Kier molecular flexibility index (Phi) is 5.00. The Balaban J connectivity index is 2.80. The van der Waals surface area contributed by atoms with Crippen LogP contribution in [0.15, 0.2) is 21.7 Å². The molecular formula is C16H23N3O3. The minimum absolute atomic E-state index is 0.258. The molecule has 0 aliphatic rings. The van der Waals surface area contributed by atoms with E-state index < -0.39 is 11.1 Å². The Bertz CT molecular complexity index is 775. The summed E-state index contributed by atoms with van der Waals surface area (Å²) in [4.78, 5) is 29.3. The lowest BCUT2D eigenvalue weighted by Crippen LogP contribution is -2.42. The van der Waals surface area contributed by atoms with Crippen LogP contribution in [0.2, 0.25) is 0 Å². The fourth-order valence-corrected chi connectivity index (χ4v) is 2.45. The number of hydrogen-bond donors (Lipinski definition) is 0. The molecule has 0 amide bonds. The predicted octanol–water partition coefficient (Wildman–Crippen LogP) is 2.02. The summed E-state index contributed by atoms with van der Waals surface area (Å²) >= 11 is 0. The minimum atomic E-state index is -0.512. The van der Waals surface area contributed by atoms with Crippen LogP contribution >= 0.6 is 0 Å². The van der Waals surface area contributed by atoms with Crippen LogP contribution in [0, 0.1) is 5.92 Å². The molecule has 22 heavy (non-hydrogen) atoms. The Morgan fingerprint density at radius 1 is 1.18 bits per heavy atom. The first-order chi connectivity index (χ1) is 10.5. The van der Waals surface area contributed by atoms with Gasteiger partial charge in [-0.25, -0.2) is 0 Å². The first-order valence-electron chi connectivity index (χ1n) is 7.68. The van der Waals surface area contributed by atoms with Gasteiger partial charge in [0.1, 0.15) is 0 Å². The average Bonchev–Trinajstić information content (AvgIpc) is 2.50. The number of nitrogens with zero attached hydrogens (tertiary/aromatic N) is 3. The maximum absolute atomic E-state index is 12.4. The standard InChI is InChI=1S/C16H23N3O3/c1-5-6-9-18-14-12(7-8-13(17-14)22-4)19(10-11(2)3)16(21)15(18)20/h7-8,11H,5-6,9-10H2,1-4H3. The molecule has 0 saturated heterocycles. The van der Waals surface area contributed by atoms with Gasteiger partial charge < -0.3 is 9.30 Å². The Hall–Kier alpha value is -2.11. The van der Waals surface area contributed by atoms with Gasteiger partial charge in [0.2, 0.25) is 5.88 Å². The molecule has 0 atom stereocenters. The molecule has 6 nitrogen and oxygen atoms in total. The van der Waals surface area contributed by atoms with Crippen LogP contribution < -0.4 is 15.9 Å². The van der Waals surface area contributed by atoms with Crippen LogP contribution in [0.5, 0.6) is 5.88 Å². The largest absolute Gasteiger partial charge is 0.481 e. The molecule has 2 aromatic rings. The third-order valence-corrected chi connectivity index (χ3v) is 3.54. The van der Waals surface area contributed by atoms with E-state index in [9.17, 15) is 9.59 Å². The smallest absolute Gasteiger partial charge is 0.318 e. The number of ether oxygens (including phenoxy) is 1. The summed E-state index contributed by atoms with van der Waals surface area (Å²) in [5, 5.41) is 0. The molecule has 2 aromatic heterocycles. The molecule has 0 N–H and O–H groups in total. The summed E-state index contributed by atoms with van der Waals surface area (Å²) in [5.41, 5.74) is 0.194. The maximum Gasteiger partial charge on any atom is 0.318 e. The Labute approximate surface area is 129 Å². The molecule has 0 radical (unpaired) electrons. The highest BCUT2D eigenvalue weighted by Crippen LogP contribution is 2.15. The molecule has 120 valence electrons. The number of unbranched alkanes of at least 4 members (excludes halogenated alkanes) is 1. The van der Waals surface area contributed by atoms with Gasteiger partial charge in [0.05, 0.1) is 12.6 Å². The predicted molar refractivity (Wildman–Crippen MR) is 86.6 cm³/mol. The molecule has 0 saturated carbocycles. The van der Waals surface area contributed by atoms with Crippen molar-refractivity contribution in [2.45, 2.75) is 46.7 Å². The number of rotatable bonds is 6. The molecule has 2 heterocycles. The summed E-state index contributed by atoms with van der Waals surface area (Å²) < 4.78 is 8.16. The maximum atomic E-state index is 12.4. The summed E-state index contributed by atoms with van der Waals surface area (Å²) in [5.74, 6) is 0.695. The van der Waals surface area contributed by atoms with Gasteiger partial charge in [0, 0.05) is 19.2 Å². The quantitative estimate of drug-likeness (QED) is 0.766. The number of methoxy groups -OCH3 is 1. The van der Waals surface area contributed by atoms with Gasteiger partial charge in [-0.2, -0.15) is 4.98 Å². The van der Waals surface area contributed by atoms with Crippen molar-refractivity contribution in [1.29, 1.82) is 0 Å². The van der Waals surface area contributed by atoms with E-state index >= 15 is 0 Å². The summed E-state index contributed by atoms with van der Waals surface area (Å²) in [6.45, 7) is 7.05. The highest BCUT2D eigenvalue weighted by molar-refractivity contribution is 5.71. The highest BCUT2D eigenvalue weighted by Gasteiger charge is 2.15. The number of pyridine rings is 1. The van der Waals surface area contributed by atoms with Gasteiger partial charge in [-0.15, -0.1) is 0 Å². The number of aryl methyl sites for hydroxylation is 1. The van der Waals surface area contributed by atoms with Crippen molar-refractivity contribution in [3.63, 3.8) is 0 Å². The lowest BCUT2D eigenvalue weighted by Gasteiger charge is -2.16. The first-order valence-corrected chi connectivity index (χ1v) is 7.68. The molecule has 0 aliphatic heterocycles. The zero-order valence-electron chi connectivity index (χ0n) is 13.6. The normalized spacial score (nSPS) is 11.3. The van der Waals surface area contributed by atoms with Crippen LogP contribution in [0.4, 0.5) is 0 Å². The van der Waals surface area contributed by atoms with Gasteiger partial charge in [-0.3, -0.25) is 14.2 Å². The fourth-order valence-electron chi connectivity index (χ4n) is 2.45. The highest BCUT2D eigenvalue weighted by atomic mass is 16.5. The van der Waals surface area contributed by atoms with Gasteiger partial charge in [0.15, 0.2) is 5.65 Å². The van der Waals surface area contributed by atoms with Crippen molar-refractivity contribution in [3.8, 4) is 5.88 Å². The number of aromatic nitrogens is 3. The van der Waals surface area contributed by atoms with Crippen molar-refractivity contribution in [2.24, 2.45) is 5.92 Å². The van der Waals surface area contributed by atoms with Crippen LogP contribution in [0.25, 0.3) is 11.2 Å². The second kappa shape index (κ2) is 6.77. The molecule has 0 aliphatic carbocycles. The van der Waals surface area contributed by atoms with Crippen molar-refractivity contribution in [3.05, 3.63) is 32.8 Å². The van der Waals surface area contributed by atoms with Gasteiger partial charge in [-0.1, -0.05) is 27.2 Å². The molecule has 2 rings (SSSR count). The van der Waals surface area contributed by atoms with Gasteiger partial charge in [0.25, 0.3) is 0 Å². The van der Waals surface area contributed by atoms with Crippen LogP contribution in [-0.2, 0) is 13.1 Å². The van der Waals surface area contributed by atoms with Gasteiger partial charge >= 0.3 is 11.1 Å². The third kappa shape index (κ3) is 3.05. The lowest BCUT2D eigenvalue weighted by atomic mass is 10.2. The van der Waals surface area contributed by atoms with Crippen molar-refractivity contribution in [2.75, 3.05) is 7.11 Å². The van der Waals surface area contributed by atoms with E-state index in [4.69, 9.17) is 4.74 Å². The number of hydrogen-bond acceptors (Lipinski definition) is 4. The average molecular weight is 305 g/mol. The second-order valence-corrected chi connectivity index (χ2v) is 5.82. The summed E-state index contributed by atoms with van der Waals surface area (Å²) in [6.07, 6.45) is 1.76. The van der Waals surface area contributed by atoms with E-state index in [1.54, 1.807) is 12.1 Å². The van der Waals surface area contributed by atoms with Crippen molar-refractivity contribution < 1.29 is 4.74 Å². The van der Waals surface area contributed by atoms with Crippen LogP contribution in [-0.4, -0.2) is 21.2 Å². The molecular weight excluding hydrogens is 282 g/mol. The van der Waals surface area contributed by atoms with Crippen LogP contribution in [0.3, 0.4) is 0 Å². The molecule has 6 heteroatoms. The molecule has 0 aromatic carbocycles. The minimum Gasteiger partial charge on any atom is -0.481 e. The van der Waals surface area contributed by atoms with E-state index in [-0.39, 0.29) is 5.92 Å². The van der Waals surface area contributed by atoms with E-state index in [0.29, 0.717) is 30.1 Å². The Morgan fingerprint density at radius 3 is 2.45 bits per heavy atom. The third-order valence-electron chi connectivity index (χ3n) is 3.54. The topological polar surface area (TPSA) is 66.1 Å². The lowest BCUT2D eigenvalue weighted by molar-refractivity contribution is 0.398. The van der Waals surface area contributed by atoms with E-state index in [2.05, 4.69) is 4.98 Å². The van der Waals surface area contributed by atoms with Crippen molar-refractivity contribution >= 4 is 11.2 Å². The first kappa shape index (κ1) is 16.3. The summed E-state index contributed by atoms with van der Waals surface area (Å²) in [7, 11) is 1.53. The Morgan fingerprint density at radius 2 is 1.86 bits per heavy atom. The SMILES string of the molecule is CCCCn1c(=O)c(=O)n(CC(C)C)c2ccc(OC)nc21. The molecule has 0 unspecified atom stereocenters. The monoisotopic (exact) mass is 305 g/mol.